The van der Waals surface area contributed by atoms with Crippen molar-refractivity contribution >= 4 is 35.0 Å². The molecular weight excluding hydrogens is 413 g/mol. The minimum atomic E-state index is -4.75. The number of hydrogen-bond donors (Lipinski definition) is 2. The number of halogens is 4. The Hall–Kier alpha value is -2.79. The molecule has 0 aliphatic carbocycles. The molecule has 1 aromatic carbocycles. The van der Waals surface area contributed by atoms with E-state index in [-0.39, 0.29) is 29.3 Å². The number of anilines is 3. The third-order valence-corrected chi connectivity index (χ3v) is 4.33. The number of piperazine rings is 1. The Labute approximate surface area is 169 Å². The number of rotatable bonds is 5. The van der Waals surface area contributed by atoms with Crippen LogP contribution in [-0.4, -0.2) is 59.9 Å². The van der Waals surface area contributed by atoms with Gasteiger partial charge in [0.1, 0.15) is 16.7 Å². The molecule has 0 saturated carbocycles. The minimum absolute atomic E-state index is 0.0981. The molecule has 2 heterocycles. The zero-order valence-electron chi connectivity index (χ0n) is 15.1. The Bertz CT molecular complexity index is 837. The van der Waals surface area contributed by atoms with Crippen molar-refractivity contribution in [3.05, 3.63) is 35.5 Å². The second kappa shape index (κ2) is 8.70. The van der Waals surface area contributed by atoms with Gasteiger partial charge in [0.05, 0.1) is 6.54 Å². The second-order valence-corrected chi connectivity index (χ2v) is 6.68. The van der Waals surface area contributed by atoms with Crippen LogP contribution in [0.25, 0.3) is 0 Å². The summed E-state index contributed by atoms with van der Waals surface area (Å²) in [6.07, 6.45) is -4.75. The SMILES string of the molecule is Nc1nc(Cl)cc(N2CCN(CC(=O)Nc3ccc(OC(F)(F)F)cc3)CC2)n1. The molecule has 0 spiro atoms. The molecule has 3 N–H and O–H groups in total. The number of nitrogens with one attached hydrogen (secondary N) is 1. The summed E-state index contributed by atoms with van der Waals surface area (Å²) < 4.78 is 40.3. The number of carbonyl (C=O) groups is 1. The van der Waals surface area contributed by atoms with Crippen LogP contribution < -0.4 is 20.7 Å². The fraction of sp³-hybridized carbons (Fsp3) is 0.353. The molecule has 1 fully saturated rings. The number of hydrogen-bond acceptors (Lipinski definition) is 7. The average molecular weight is 431 g/mol. The molecule has 0 atom stereocenters. The van der Waals surface area contributed by atoms with Gasteiger partial charge in [-0.05, 0) is 24.3 Å². The van der Waals surface area contributed by atoms with Gasteiger partial charge < -0.3 is 20.7 Å². The minimum Gasteiger partial charge on any atom is -0.406 e. The first kappa shape index (κ1) is 20.9. The summed E-state index contributed by atoms with van der Waals surface area (Å²) >= 11 is 5.90. The number of ether oxygens (including phenoxy) is 1. The van der Waals surface area contributed by atoms with Gasteiger partial charge in [0, 0.05) is 37.9 Å². The Balaban J connectivity index is 1.47. The van der Waals surface area contributed by atoms with E-state index in [0.29, 0.717) is 37.7 Å². The molecule has 2 aromatic rings. The molecule has 1 amide bonds. The van der Waals surface area contributed by atoms with Crippen LogP contribution in [0.4, 0.5) is 30.6 Å². The molecule has 1 aromatic heterocycles. The van der Waals surface area contributed by atoms with E-state index in [1.807, 2.05) is 9.80 Å². The molecule has 1 saturated heterocycles. The van der Waals surface area contributed by atoms with Crippen LogP contribution in [0.2, 0.25) is 5.15 Å². The zero-order valence-corrected chi connectivity index (χ0v) is 15.9. The van der Waals surface area contributed by atoms with Crippen LogP contribution in [0.1, 0.15) is 0 Å². The van der Waals surface area contributed by atoms with Gasteiger partial charge in [0.25, 0.3) is 0 Å². The van der Waals surface area contributed by atoms with Crippen LogP contribution >= 0.6 is 11.6 Å². The number of nitrogens with two attached hydrogens (primary N) is 1. The number of aromatic nitrogens is 2. The van der Waals surface area contributed by atoms with Gasteiger partial charge in [-0.2, -0.15) is 4.98 Å². The number of alkyl halides is 3. The molecule has 1 aliphatic heterocycles. The van der Waals surface area contributed by atoms with Crippen LogP contribution in [0.3, 0.4) is 0 Å². The summed E-state index contributed by atoms with van der Waals surface area (Å²) in [6, 6.07) is 6.60. The molecule has 1 aliphatic rings. The maximum absolute atomic E-state index is 12.2. The van der Waals surface area contributed by atoms with E-state index in [4.69, 9.17) is 17.3 Å². The van der Waals surface area contributed by atoms with E-state index in [1.54, 1.807) is 6.07 Å². The first-order chi connectivity index (χ1) is 13.7. The fourth-order valence-electron chi connectivity index (χ4n) is 2.86. The van der Waals surface area contributed by atoms with Gasteiger partial charge in [-0.3, -0.25) is 9.69 Å². The number of carbonyl (C=O) groups excluding carboxylic acids is 1. The van der Waals surface area contributed by atoms with Crippen LogP contribution in [0, 0.1) is 0 Å². The third kappa shape index (κ3) is 6.36. The predicted octanol–water partition coefficient (Wildman–Crippen LogP) is 2.37. The molecule has 3 rings (SSSR count). The van der Waals surface area contributed by atoms with Crippen molar-refractivity contribution in [2.75, 3.05) is 48.7 Å². The summed E-state index contributed by atoms with van der Waals surface area (Å²) in [4.78, 5) is 24.1. The lowest BCUT2D eigenvalue weighted by molar-refractivity contribution is -0.274. The first-order valence-corrected chi connectivity index (χ1v) is 8.99. The van der Waals surface area contributed by atoms with E-state index in [2.05, 4.69) is 20.0 Å². The quantitative estimate of drug-likeness (QED) is 0.703. The normalized spacial score (nSPS) is 15.2. The van der Waals surface area contributed by atoms with Crippen molar-refractivity contribution in [2.24, 2.45) is 0 Å². The van der Waals surface area contributed by atoms with E-state index in [9.17, 15) is 18.0 Å². The van der Waals surface area contributed by atoms with Crippen LogP contribution in [0.5, 0.6) is 5.75 Å². The topological polar surface area (TPSA) is 96.6 Å². The Morgan fingerprint density at radius 3 is 2.41 bits per heavy atom. The van der Waals surface area contributed by atoms with Gasteiger partial charge in [0.2, 0.25) is 11.9 Å². The molecule has 8 nitrogen and oxygen atoms in total. The molecule has 156 valence electrons. The van der Waals surface area contributed by atoms with Gasteiger partial charge in [-0.15, -0.1) is 13.2 Å². The van der Waals surface area contributed by atoms with Crippen LogP contribution in [-0.2, 0) is 4.79 Å². The number of nitrogen functional groups attached to an aromatic ring is 1. The molecular formula is C17H18ClF3N6O2. The monoisotopic (exact) mass is 430 g/mol. The summed E-state index contributed by atoms with van der Waals surface area (Å²) in [5.41, 5.74) is 6.00. The summed E-state index contributed by atoms with van der Waals surface area (Å²) in [7, 11) is 0. The average Bonchev–Trinajstić information content (AvgIpc) is 2.62. The molecule has 12 heteroatoms. The van der Waals surface area contributed by atoms with Crippen molar-refractivity contribution in [3.8, 4) is 5.75 Å². The smallest absolute Gasteiger partial charge is 0.406 e. The van der Waals surface area contributed by atoms with Crippen molar-refractivity contribution in [1.29, 1.82) is 0 Å². The number of benzene rings is 1. The Morgan fingerprint density at radius 2 is 1.83 bits per heavy atom. The highest BCUT2D eigenvalue weighted by atomic mass is 35.5. The number of nitrogens with zero attached hydrogens (tertiary/aromatic N) is 4. The van der Waals surface area contributed by atoms with Crippen LogP contribution in [0.15, 0.2) is 30.3 Å². The standard InChI is InChI=1S/C17H18ClF3N6O2/c18-13-9-14(25-16(22)24-13)27-7-5-26(6-8-27)10-15(28)23-11-1-3-12(4-2-11)29-17(19,20)21/h1-4,9H,5-8,10H2,(H,23,28)(H2,22,24,25). The molecule has 0 radical (unpaired) electrons. The summed E-state index contributed by atoms with van der Waals surface area (Å²) in [5, 5.41) is 2.92. The third-order valence-electron chi connectivity index (χ3n) is 4.13. The largest absolute Gasteiger partial charge is 0.573 e. The summed E-state index contributed by atoms with van der Waals surface area (Å²) in [6.45, 7) is 2.65. The van der Waals surface area contributed by atoms with Crippen molar-refractivity contribution in [3.63, 3.8) is 0 Å². The Morgan fingerprint density at radius 1 is 1.17 bits per heavy atom. The predicted molar refractivity (Wildman–Crippen MR) is 102 cm³/mol. The Kier molecular flexibility index (Phi) is 6.28. The fourth-order valence-corrected chi connectivity index (χ4v) is 3.05. The maximum atomic E-state index is 12.2. The lowest BCUT2D eigenvalue weighted by Crippen LogP contribution is -2.49. The van der Waals surface area contributed by atoms with E-state index in [0.717, 1.165) is 12.1 Å². The highest BCUT2D eigenvalue weighted by Gasteiger charge is 2.31. The molecule has 29 heavy (non-hydrogen) atoms. The van der Waals surface area contributed by atoms with Gasteiger partial charge in [-0.1, -0.05) is 11.6 Å². The lowest BCUT2D eigenvalue weighted by Gasteiger charge is -2.35. The number of amides is 1. The van der Waals surface area contributed by atoms with Gasteiger partial charge in [-0.25, -0.2) is 4.98 Å². The van der Waals surface area contributed by atoms with E-state index >= 15 is 0 Å². The lowest BCUT2D eigenvalue weighted by atomic mass is 10.3. The second-order valence-electron chi connectivity index (χ2n) is 6.29. The van der Waals surface area contributed by atoms with Gasteiger partial charge >= 0.3 is 6.36 Å². The highest BCUT2D eigenvalue weighted by molar-refractivity contribution is 6.29. The van der Waals surface area contributed by atoms with Crippen molar-refractivity contribution in [2.45, 2.75) is 6.36 Å². The zero-order chi connectivity index (χ0) is 21.0. The van der Waals surface area contributed by atoms with Crippen molar-refractivity contribution in [1.82, 2.24) is 14.9 Å². The first-order valence-electron chi connectivity index (χ1n) is 8.61. The maximum Gasteiger partial charge on any atom is 0.573 e. The van der Waals surface area contributed by atoms with Gasteiger partial charge in [0.15, 0.2) is 0 Å². The highest BCUT2D eigenvalue weighted by Crippen LogP contribution is 2.24. The van der Waals surface area contributed by atoms with Crippen molar-refractivity contribution < 1.29 is 22.7 Å². The van der Waals surface area contributed by atoms with E-state index < -0.39 is 6.36 Å². The van der Waals surface area contributed by atoms with E-state index in [1.165, 1.54) is 12.1 Å². The molecule has 0 bridgehead atoms. The molecule has 0 unspecified atom stereocenters. The summed E-state index contributed by atoms with van der Waals surface area (Å²) in [5.74, 6) is 0.114.